The molecule has 2 aromatic heterocycles. The maximum Gasteiger partial charge on any atom is 0.321 e. The van der Waals surface area contributed by atoms with Gasteiger partial charge in [0.15, 0.2) is 11.5 Å². The van der Waals surface area contributed by atoms with Crippen LogP contribution in [0.1, 0.15) is 5.56 Å². The number of pyridine rings is 1. The number of aromatic nitrogens is 2. The third-order valence-corrected chi connectivity index (χ3v) is 6.51. The van der Waals surface area contributed by atoms with Crippen LogP contribution in [0.3, 0.4) is 0 Å². The third-order valence-electron chi connectivity index (χ3n) is 6.51. The SMILES string of the molecule is COc1ccc(CCN(C)C(=O)Nc2ccc3cc(-c4c[nH]c5ccccc45)c(=O)[nH]c3c2)cc1OC. The summed E-state index contributed by atoms with van der Waals surface area (Å²) in [6.45, 7) is 0.514. The maximum atomic E-state index is 12.9. The van der Waals surface area contributed by atoms with E-state index in [1.54, 1.807) is 32.2 Å². The summed E-state index contributed by atoms with van der Waals surface area (Å²) in [5.41, 5.74) is 4.53. The molecule has 0 aliphatic rings. The third kappa shape index (κ3) is 4.86. The standard InChI is InChI=1S/C29H28N4O4/c1-33(13-12-18-8-11-26(36-2)27(14-18)37-3)29(35)31-20-10-9-19-15-22(28(34)32-25(19)16-20)23-17-30-24-7-5-4-6-21(23)24/h4-11,14-17,30H,12-13H2,1-3H3,(H,31,35)(H,32,34). The Balaban J connectivity index is 1.29. The number of rotatable bonds is 7. The number of fused-ring (bicyclic) bond motifs is 2. The fourth-order valence-electron chi connectivity index (χ4n) is 4.43. The van der Waals surface area contributed by atoms with E-state index in [4.69, 9.17) is 9.47 Å². The van der Waals surface area contributed by atoms with Gasteiger partial charge < -0.3 is 29.7 Å². The topological polar surface area (TPSA) is 99.5 Å². The number of likely N-dealkylation sites (N-methyl/N-ethyl adjacent to an activating group) is 1. The normalized spacial score (nSPS) is 11.0. The van der Waals surface area contributed by atoms with E-state index in [-0.39, 0.29) is 11.6 Å². The number of nitrogens with zero attached hydrogens (tertiary/aromatic N) is 1. The lowest BCUT2D eigenvalue weighted by molar-refractivity contribution is 0.223. The van der Waals surface area contributed by atoms with Crippen LogP contribution in [-0.4, -0.2) is 48.7 Å². The van der Waals surface area contributed by atoms with Crippen molar-refractivity contribution >= 4 is 33.5 Å². The molecule has 0 unspecified atom stereocenters. The summed E-state index contributed by atoms with van der Waals surface area (Å²) in [7, 11) is 4.94. The fourth-order valence-corrected chi connectivity index (χ4v) is 4.43. The van der Waals surface area contributed by atoms with E-state index in [1.807, 2.05) is 66.9 Å². The number of benzene rings is 3. The van der Waals surface area contributed by atoms with Crippen LogP contribution >= 0.6 is 0 Å². The first-order chi connectivity index (χ1) is 18.0. The Hall–Kier alpha value is -4.72. The van der Waals surface area contributed by atoms with Crippen LogP contribution in [0.2, 0.25) is 0 Å². The van der Waals surface area contributed by atoms with Crippen LogP contribution in [0, 0.1) is 0 Å². The Morgan fingerprint density at radius 1 is 0.919 bits per heavy atom. The molecule has 8 heteroatoms. The maximum absolute atomic E-state index is 12.9. The molecule has 0 fully saturated rings. The lowest BCUT2D eigenvalue weighted by Crippen LogP contribution is -2.33. The Bertz CT molecular complexity index is 1650. The first-order valence-corrected chi connectivity index (χ1v) is 11.9. The number of ether oxygens (including phenoxy) is 2. The number of amides is 2. The van der Waals surface area contributed by atoms with E-state index in [0.29, 0.717) is 41.2 Å². The molecular formula is C29H28N4O4. The molecule has 2 heterocycles. The Morgan fingerprint density at radius 3 is 2.54 bits per heavy atom. The summed E-state index contributed by atoms with van der Waals surface area (Å²) in [5.74, 6) is 1.32. The predicted molar refractivity (Wildman–Crippen MR) is 147 cm³/mol. The molecule has 0 radical (unpaired) electrons. The van der Waals surface area contributed by atoms with Crippen LogP contribution in [0.15, 0.2) is 77.7 Å². The van der Waals surface area contributed by atoms with Crippen LogP contribution in [-0.2, 0) is 6.42 Å². The number of aromatic amines is 2. The first-order valence-electron chi connectivity index (χ1n) is 11.9. The van der Waals surface area contributed by atoms with Gasteiger partial charge >= 0.3 is 6.03 Å². The zero-order chi connectivity index (χ0) is 25.9. The number of nitrogens with one attached hydrogen (secondary N) is 3. The van der Waals surface area contributed by atoms with E-state index >= 15 is 0 Å². The van der Waals surface area contributed by atoms with Crippen molar-refractivity contribution in [3.05, 3.63) is 88.8 Å². The van der Waals surface area contributed by atoms with Gasteiger partial charge in [0, 0.05) is 47.5 Å². The van der Waals surface area contributed by atoms with Gasteiger partial charge in [-0.25, -0.2) is 4.79 Å². The van der Waals surface area contributed by atoms with Gasteiger partial charge in [-0.05, 0) is 53.8 Å². The molecule has 3 aromatic carbocycles. The zero-order valence-electron chi connectivity index (χ0n) is 20.9. The minimum atomic E-state index is -0.238. The Labute approximate surface area is 213 Å². The summed E-state index contributed by atoms with van der Waals surface area (Å²) < 4.78 is 10.6. The molecule has 0 atom stereocenters. The van der Waals surface area contributed by atoms with Crippen molar-refractivity contribution in [3.8, 4) is 22.6 Å². The van der Waals surface area contributed by atoms with Gasteiger partial charge in [-0.1, -0.05) is 30.3 Å². The first kappa shape index (κ1) is 24.0. The summed E-state index contributed by atoms with van der Waals surface area (Å²) in [5, 5.41) is 4.78. The average Bonchev–Trinajstić information content (AvgIpc) is 3.35. The number of urea groups is 1. The summed E-state index contributed by atoms with van der Waals surface area (Å²) >= 11 is 0. The highest BCUT2D eigenvalue weighted by atomic mass is 16.5. The molecule has 0 bridgehead atoms. The molecule has 0 saturated heterocycles. The van der Waals surface area contributed by atoms with Gasteiger partial charge in [-0.3, -0.25) is 4.79 Å². The molecule has 0 spiro atoms. The van der Waals surface area contributed by atoms with Crippen molar-refractivity contribution < 1.29 is 14.3 Å². The predicted octanol–water partition coefficient (Wildman–Crippen LogP) is 5.40. The largest absolute Gasteiger partial charge is 0.493 e. The molecule has 0 aliphatic carbocycles. The van der Waals surface area contributed by atoms with Crippen LogP contribution < -0.4 is 20.3 Å². The van der Waals surface area contributed by atoms with Gasteiger partial charge in [-0.2, -0.15) is 0 Å². The number of hydrogen-bond acceptors (Lipinski definition) is 4. The van der Waals surface area contributed by atoms with Gasteiger partial charge in [-0.15, -0.1) is 0 Å². The summed E-state index contributed by atoms with van der Waals surface area (Å²) in [4.78, 5) is 33.5. The highest BCUT2D eigenvalue weighted by Crippen LogP contribution is 2.29. The monoisotopic (exact) mass is 496 g/mol. The number of carbonyl (C=O) groups is 1. The van der Waals surface area contributed by atoms with Crippen molar-refractivity contribution in [1.82, 2.24) is 14.9 Å². The van der Waals surface area contributed by atoms with Gasteiger partial charge in [0.25, 0.3) is 5.56 Å². The van der Waals surface area contributed by atoms with Crippen molar-refractivity contribution in [1.29, 1.82) is 0 Å². The zero-order valence-corrected chi connectivity index (χ0v) is 20.9. The number of anilines is 1. The second-order valence-corrected chi connectivity index (χ2v) is 8.85. The van der Waals surface area contributed by atoms with Crippen LogP contribution in [0.4, 0.5) is 10.5 Å². The quantitative estimate of drug-likeness (QED) is 0.281. The van der Waals surface area contributed by atoms with Crippen molar-refractivity contribution in [2.75, 3.05) is 33.1 Å². The molecule has 2 amide bonds. The van der Waals surface area contributed by atoms with E-state index in [9.17, 15) is 9.59 Å². The van der Waals surface area contributed by atoms with Gasteiger partial charge in [0.1, 0.15) is 0 Å². The van der Waals surface area contributed by atoms with E-state index in [0.717, 1.165) is 27.4 Å². The number of para-hydroxylation sites is 1. The lowest BCUT2D eigenvalue weighted by Gasteiger charge is -2.18. The summed E-state index contributed by atoms with van der Waals surface area (Å²) in [6, 6.07) is 20.7. The molecule has 8 nitrogen and oxygen atoms in total. The summed E-state index contributed by atoms with van der Waals surface area (Å²) in [6.07, 6.45) is 2.51. The molecule has 0 saturated carbocycles. The number of hydrogen-bond donors (Lipinski definition) is 3. The Kier molecular flexibility index (Phi) is 6.55. The Morgan fingerprint density at radius 2 is 1.73 bits per heavy atom. The second-order valence-electron chi connectivity index (χ2n) is 8.85. The van der Waals surface area contributed by atoms with Crippen molar-refractivity contribution in [3.63, 3.8) is 0 Å². The minimum absolute atomic E-state index is 0.187. The molecule has 3 N–H and O–H groups in total. The highest BCUT2D eigenvalue weighted by Gasteiger charge is 2.13. The fraction of sp³-hybridized carbons (Fsp3) is 0.172. The molecule has 5 rings (SSSR count). The molecule has 188 valence electrons. The van der Waals surface area contributed by atoms with Gasteiger partial charge in [0.2, 0.25) is 0 Å². The van der Waals surface area contributed by atoms with E-state index in [1.165, 1.54) is 0 Å². The average molecular weight is 497 g/mol. The van der Waals surface area contributed by atoms with E-state index in [2.05, 4.69) is 15.3 Å². The molecular weight excluding hydrogens is 468 g/mol. The molecule has 0 aliphatic heterocycles. The minimum Gasteiger partial charge on any atom is -0.493 e. The smallest absolute Gasteiger partial charge is 0.321 e. The van der Waals surface area contributed by atoms with Crippen molar-refractivity contribution in [2.24, 2.45) is 0 Å². The molecule has 5 aromatic rings. The molecule has 37 heavy (non-hydrogen) atoms. The lowest BCUT2D eigenvalue weighted by atomic mass is 10.0. The number of methoxy groups -OCH3 is 2. The number of carbonyl (C=O) groups excluding carboxylic acids is 1. The second kappa shape index (κ2) is 10.1. The van der Waals surface area contributed by atoms with Crippen molar-refractivity contribution in [2.45, 2.75) is 6.42 Å². The van der Waals surface area contributed by atoms with Crippen LogP contribution in [0.25, 0.3) is 32.9 Å². The highest BCUT2D eigenvalue weighted by molar-refractivity contribution is 5.98. The van der Waals surface area contributed by atoms with Crippen LogP contribution in [0.5, 0.6) is 11.5 Å². The van der Waals surface area contributed by atoms with Gasteiger partial charge in [0.05, 0.1) is 19.7 Å². The number of H-pyrrole nitrogens is 2. The van der Waals surface area contributed by atoms with E-state index < -0.39 is 0 Å².